The molecule has 1 fully saturated rings. The maximum Gasteiger partial charge on any atom is 0.419 e. The molecular weight excluding hydrogens is 865 g/mol. The van der Waals surface area contributed by atoms with Crippen molar-refractivity contribution in [1.82, 2.24) is 30.4 Å². The predicted octanol–water partition coefficient (Wildman–Crippen LogP) is 5.11. The summed E-state index contributed by atoms with van der Waals surface area (Å²) in [6, 6.07) is 37.0. The zero-order valence-corrected chi connectivity index (χ0v) is 37.6. The van der Waals surface area contributed by atoms with Gasteiger partial charge in [-0.2, -0.15) is 10.5 Å². The molecule has 0 radical (unpaired) electrons. The Morgan fingerprint density at radius 3 is 1.94 bits per heavy atom. The summed E-state index contributed by atoms with van der Waals surface area (Å²) in [7, 11) is 1.66. The number of ether oxygens (including phenoxy) is 2. The summed E-state index contributed by atoms with van der Waals surface area (Å²) in [5.41, 5.74) is 8.18. The summed E-state index contributed by atoms with van der Waals surface area (Å²) >= 11 is 0. The number of para-hydroxylation sites is 1. The lowest BCUT2D eigenvalue weighted by Gasteiger charge is -2.27. The maximum atomic E-state index is 13.4. The Morgan fingerprint density at radius 1 is 0.735 bits per heavy atom. The van der Waals surface area contributed by atoms with Crippen LogP contribution in [0.25, 0.3) is 44.5 Å². The molecule has 4 N–H and O–H groups in total. The first-order valence-electron chi connectivity index (χ1n) is 22.5. The number of carbonyl (C=O) groups excluding carboxylic acids is 2. The SMILES string of the molecule is Cn1c(=O)oc2ccc(-c3ccc(C[C@@H](C#N)NC(=O)[C@@H]4CNCC(C)(CCn5c(=O)oc6ccc(-c7ccc(C[C@@H](C#N)NC(=O)[C@@H]8CNCc9ccccc9O8)cc7)cc65)CO4)cc3)cc21. The van der Waals surface area contributed by atoms with Gasteiger partial charge in [0.15, 0.2) is 17.3 Å². The lowest BCUT2D eigenvalue weighted by atomic mass is 9.87. The van der Waals surface area contributed by atoms with E-state index in [-0.39, 0.29) is 25.0 Å². The van der Waals surface area contributed by atoms with E-state index in [2.05, 4.69) is 33.4 Å². The van der Waals surface area contributed by atoms with Gasteiger partial charge in [0.1, 0.15) is 23.9 Å². The number of nitriles is 2. The van der Waals surface area contributed by atoms with Gasteiger partial charge in [-0.3, -0.25) is 18.7 Å². The Balaban J connectivity index is 0.778. The van der Waals surface area contributed by atoms with Gasteiger partial charge in [-0.25, -0.2) is 9.59 Å². The molecule has 0 aliphatic carbocycles. The van der Waals surface area contributed by atoms with Crippen LogP contribution in [0.4, 0.5) is 0 Å². The standard InChI is InChI=1S/C52H50N8O8/c1-52(30-56-28-46(65-31-52)48(61)57-39(25-53)21-32-7-11-34(12-8-32)36-15-17-44-41(23-36)59(2)50(63)67-44)19-20-60-42-24-37(16-18-45(42)68-51(60)64)35-13-9-33(10-14-35)22-40(26-54)58-49(62)47-29-55-27-38-5-3-4-6-43(38)66-47/h3-18,23-24,39-40,46-47,55-56H,19-22,27-31H2,1-2H3,(H,57,61)(H,58,62)/t39-,40-,46-,47-,52?/m0/s1. The van der Waals surface area contributed by atoms with Crippen molar-refractivity contribution in [2.45, 2.75) is 63.6 Å². The number of hydrogen-bond donors (Lipinski definition) is 4. The lowest BCUT2D eigenvalue weighted by molar-refractivity contribution is -0.133. The Hall–Kier alpha value is -7.76. The van der Waals surface area contributed by atoms with Crippen LogP contribution >= 0.6 is 0 Å². The van der Waals surface area contributed by atoms with Gasteiger partial charge in [0.25, 0.3) is 11.8 Å². The highest BCUT2D eigenvalue weighted by molar-refractivity contribution is 5.84. The molecule has 2 aromatic heterocycles. The second-order valence-electron chi connectivity index (χ2n) is 17.8. The third-order valence-electron chi connectivity index (χ3n) is 12.8. The number of nitrogens with zero attached hydrogens (tertiary/aromatic N) is 4. The molecule has 68 heavy (non-hydrogen) atoms. The number of benzene rings is 5. The highest BCUT2D eigenvalue weighted by Crippen LogP contribution is 2.29. The van der Waals surface area contributed by atoms with Crippen molar-refractivity contribution in [2.24, 2.45) is 12.5 Å². The molecule has 346 valence electrons. The number of rotatable bonds is 13. The molecule has 1 saturated heterocycles. The van der Waals surface area contributed by atoms with E-state index in [1.807, 2.05) is 104 Å². The van der Waals surface area contributed by atoms with Crippen LogP contribution in [-0.2, 0) is 47.3 Å². The molecule has 9 rings (SSSR count). The number of aryl methyl sites for hydroxylation is 2. The number of hydrogen-bond acceptors (Lipinski definition) is 12. The summed E-state index contributed by atoms with van der Waals surface area (Å²) in [6.07, 6.45) is -0.454. The summed E-state index contributed by atoms with van der Waals surface area (Å²) in [5, 5.41) is 32.2. The maximum absolute atomic E-state index is 13.4. The molecule has 2 amide bonds. The third-order valence-corrected chi connectivity index (χ3v) is 12.8. The average Bonchev–Trinajstić information content (AvgIpc) is 3.59. The van der Waals surface area contributed by atoms with Crippen LogP contribution in [0.1, 0.15) is 30.0 Å². The van der Waals surface area contributed by atoms with E-state index in [4.69, 9.17) is 18.3 Å². The molecule has 0 bridgehead atoms. The van der Waals surface area contributed by atoms with Gasteiger partial charge in [-0.1, -0.05) is 85.8 Å². The first-order valence-corrected chi connectivity index (χ1v) is 22.5. The molecule has 5 atom stereocenters. The topological polar surface area (TPSA) is 219 Å². The number of nitrogens with one attached hydrogen (secondary N) is 4. The smallest absolute Gasteiger partial charge is 0.419 e. The van der Waals surface area contributed by atoms with E-state index in [0.29, 0.717) is 73.4 Å². The van der Waals surface area contributed by atoms with Crippen LogP contribution in [0.5, 0.6) is 5.75 Å². The fourth-order valence-corrected chi connectivity index (χ4v) is 8.76. The van der Waals surface area contributed by atoms with E-state index < -0.39 is 41.2 Å². The lowest BCUT2D eigenvalue weighted by Crippen LogP contribution is -2.47. The number of fused-ring (bicyclic) bond motifs is 3. The van der Waals surface area contributed by atoms with Crippen LogP contribution in [0, 0.1) is 28.1 Å². The van der Waals surface area contributed by atoms with Gasteiger partial charge in [-0.05, 0) is 70.1 Å². The van der Waals surface area contributed by atoms with Crippen molar-refractivity contribution in [1.29, 1.82) is 10.5 Å². The molecule has 7 aromatic rings. The zero-order chi connectivity index (χ0) is 47.4. The third kappa shape index (κ3) is 9.99. The molecule has 4 heterocycles. The number of amides is 2. The first kappa shape index (κ1) is 45.4. The van der Waals surface area contributed by atoms with E-state index in [0.717, 1.165) is 38.9 Å². The minimum absolute atomic E-state index is 0.244. The Bertz CT molecular complexity index is 3190. The van der Waals surface area contributed by atoms with E-state index in [9.17, 15) is 29.7 Å². The average molecular weight is 915 g/mol. The van der Waals surface area contributed by atoms with Crippen LogP contribution in [-0.4, -0.2) is 71.5 Å². The monoisotopic (exact) mass is 914 g/mol. The Labute approximate surface area is 391 Å². The van der Waals surface area contributed by atoms with Crippen LogP contribution in [0.15, 0.2) is 128 Å². The van der Waals surface area contributed by atoms with Crippen LogP contribution in [0.3, 0.4) is 0 Å². The quantitative estimate of drug-likeness (QED) is 0.119. The van der Waals surface area contributed by atoms with Gasteiger partial charge in [0, 0.05) is 63.6 Å². The van der Waals surface area contributed by atoms with Gasteiger partial charge >= 0.3 is 11.5 Å². The van der Waals surface area contributed by atoms with Gasteiger partial charge in [0.2, 0.25) is 0 Å². The predicted molar refractivity (Wildman–Crippen MR) is 253 cm³/mol. The minimum Gasteiger partial charge on any atom is -0.479 e. The molecule has 5 aromatic carbocycles. The van der Waals surface area contributed by atoms with Gasteiger partial charge in [-0.15, -0.1) is 0 Å². The summed E-state index contributed by atoms with van der Waals surface area (Å²) in [4.78, 5) is 51.7. The van der Waals surface area contributed by atoms with E-state index >= 15 is 0 Å². The molecule has 2 aliphatic rings. The van der Waals surface area contributed by atoms with Crippen molar-refractivity contribution in [2.75, 3.05) is 26.2 Å². The highest BCUT2D eigenvalue weighted by Gasteiger charge is 2.33. The molecule has 16 nitrogen and oxygen atoms in total. The number of oxazole rings is 2. The fraction of sp³-hybridized carbons (Fsp3) is 0.308. The largest absolute Gasteiger partial charge is 0.479 e. The Kier molecular flexibility index (Phi) is 13.1. The summed E-state index contributed by atoms with van der Waals surface area (Å²) in [6.45, 7) is 4.33. The van der Waals surface area contributed by atoms with Crippen molar-refractivity contribution < 1.29 is 27.9 Å². The van der Waals surface area contributed by atoms with E-state index in [1.54, 1.807) is 23.7 Å². The highest BCUT2D eigenvalue weighted by atomic mass is 16.5. The van der Waals surface area contributed by atoms with Crippen LogP contribution in [0.2, 0.25) is 0 Å². The van der Waals surface area contributed by atoms with Gasteiger partial charge < -0.3 is 39.6 Å². The molecule has 0 spiro atoms. The second kappa shape index (κ2) is 19.6. The van der Waals surface area contributed by atoms with E-state index in [1.165, 1.54) is 4.57 Å². The summed E-state index contributed by atoms with van der Waals surface area (Å²) < 4.78 is 26.1. The molecule has 1 unspecified atom stereocenters. The van der Waals surface area contributed by atoms with Crippen molar-refractivity contribution >= 4 is 34.0 Å². The van der Waals surface area contributed by atoms with Gasteiger partial charge in [0.05, 0.1) is 29.8 Å². The van der Waals surface area contributed by atoms with Crippen molar-refractivity contribution in [3.63, 3.8) is 0 Å². The first-order chi connectivity index (χ1) is 32.9. The Morgan fingerprint density at radius 2 is 1.29 bits per heavy atom. The zero-order valence-electron chi connectivity index (χ0n) is 37.6. The molecule has 16 heteroatoms. The number of carbonyl (C=O) groups is 2. The van der Waals surface area contributed by atoms with Crippen molar-refractivity contribution in [3.8, 4) is 40.1 Å². The van der Waals surface area contributed by atoms with Crippen LogP contribution < -0.4 is 37.5 Å². The molecule has 2 aliphatic heterocycles. The molecule has 0 saturated carbocycles. The fourth-order valence-electron chi connectivity index (χ4n) is 8.76. The normalized spacial score (nSPS) is 19.1. The second-order valence-corrected chi connectivity index (χ2v) is 17.8. The molecular formula is C52H50N8O8. The summed E-state index contributed by atoms with van der Waals surface area (Å²) in [5.74, 6) is -1.00. The van der Waals surface area contributed by atoms with Crippen molar-refractivity contribution in [3.05, 3.63) is 147 Å². The number of aromatic nitrogens is 2. The minimum atomic E-state index is -0.822.